The molecule has 1 aromatic heterocycles. The molecule has 0 aromatic carbocycles. The Morgan fingerprint density at radius 3 is 2.85 bits per heavy atom. The van der Waals surface area contributed by atoms with Gasteiger partial charge in [-0.05, 0) is 12.3 Å². The van der Waals surface area contributed by atoms with Crippen molar-refractivity contribution >= 4 is 5.82 Å². The largest absolute Gasteiger partial charge is 0.359 e. The molecule has 3 heteroatoms. The van der Waals surface area contributed by atoms with Crippen LogP contribution >= 0.6 is 0 Å². The van der Waals surface area contributed by atoms with Crippen LogP contribution in [0, 0.1) is 0 Å². The van der Waals surface area contributed by atoms with E-state index in [9.17, 15) is 0 Å². The summed E-state index contributed by atoms with van der Waals surface area (Å²) in [5, 5.41) is 0. The maximum absolute atomic E-state index is 4.35. The third-order valence-corrected chi connectivity index (χ3v) is 2.56. The Labute approximate surface area is 78.8 Å². The highest BCUT2D eigenvalue weighted by Crippen LogP contribution is 2.29. The van der Waals surface area contributed by atoms with Gasteiger partial charge >= 0.3 is 0 Å². The number of likely N-dealkylation sites (N-methyl/N-ethyl adjacent to an activating group) is 1. The molecule has 0 spiro atoms. The van der Waals surface area contributed by atoms with Gasteiger partial charge in [-0.2, -0.15) is 0 Å². The van der Waals surface area contributed by atoms with Crippen molar-refractivity contribution in [1.82, 2.24) is 9.97 Å². The number of rotatable bonds is 1. The van der Waals surface area contributed by atoms with Gasteiger partial charge in [-0.1, -0.05) is 13.8 Å². The zero-order valence-electron chi connectivity index (χ0n) is 8.41. The van der Waals surface area contributed by atoms with E-state index in [1.165, 1.54) is 11.3 Å². The van der Waals surface area contributed by atoms with Crippen molar-refractivity contribution < 1.29 is 0 Å². The highest BCUT2D eigenvalue weighted by atomic mass is 15.2. The first kappa shape index (κ1) is 8.48. The Balaban J connectivity index is 2.51. The topological polar surface area (TPSA) is 29.0 Å². The molecule has 1 aliphatic rings. The summed E-state index contributed by atoms with van der Waals surface area (Å²) in [6.07, 6.45) is 2.77. The second-order valence-electron chi connectivity index (χ2n) is 3.89. The summed E-state index contributed by atoms with van der Waals surface area (Å²) in [6, 6.07) is 0. The van der Waals surface area contributed by atoms with E-state index < -0.39 is 0 Å². The highest BCUT2D eigenvalue weighted by molar-refractivity contribution is 5.53. The number of nitrogens with zero attached hydrogens (tertiary/aromatic N) is 3. The molecule has 1 aromatic rings. The number of fused-ring (bicyclic) bond motifs is 1. The maximum atomic E-state index is 4.35. The molecular formula is C10H15N3. The van der Waals surface area contributed by atoms with Gasteiger partial charge in [0.05, 0.1) is 5.69 Å². The van der Waals surface area contributed by atoms with E-state index in [2.05, 4.69) is 35.8 Å². The van der Waals surface area contributed by atoms with Crippen molar-refractivity contribution in [1.29, 1.82) is 0 Å². The predicted molar refractivity (Wildman–Crippen MR) is 53.1 cm³/mol. The number of hydrogen-bond donors (Lipinski definition) is 0. The second kappa shape index (κ2) is 2.98. The second-order valence-corrected chi connectivity index (χ2v) is 3.89. The van der Waals surface area contributed by atoms with Crippen LogP contribution in [0.2, 0.25) is 0 Å². The van der Waals surface area contributed by atoms with Crippen molar-refractivity contribution in [3.8, 4) is 0 Å². The Bertz CT molecular complexity index is 320. The van der Waals surface area contributed by atoms with E-state index in [0.29, 0.717) is 5.92 Å². The normalized spacial score (nSPS) is 15.2. The zero-order valence-corrected chi connectivity index (χ0v) is 8.41. The molecule has 0 saturated carbocycles. The molecular weight excluding hydrogens is 162 g/mol. The van der Waals surface area contributed by atoms with Gasteiger partial charge in [0.25, 0.3) is 0 Å². The summed E-state index contributed by atoms with van der Waals surface area (Å²) in [4.78, 5) is 10.8. The van der Waals surface area contributed by atoms with Gasteiger partial charge in [-0.15, -0.1) is 0 Å². The van der Waals surface area contributed by atoms with Crippen molar-refractivity contribution in [3.63, 3.8) is 0 Å². The van der Waals surface area contributed by atoms with Gasteiger partial charge < -0.3 is 4.90 Å². The van der Waals surface area contributed by atoms with Crippen LogP contribution in [-0.4, -0.2) is 23.6 Å². The van der Waals surface area contributed by atoms with E-state index in [0.717, 1.165) is 18.8 Å². The van der Waals surface area contributed by atoms with Crippen LogP contribution in [0.1, 0.15) is 31.0 Å². The molecule has 1 aliphatic heterocycles. The Morgan fingerprint density at radius 1 is 1.38 bits per heavy atom. The van der Waals surface area contributed by atoms with Crippen molar-refractivity contribution in [2.45, 2.75) is 26.2 Å². The van der Waals surface area contributed by atoms with Crippen molar-refractivity contribution in [2.24, 2.45) is 0 Å². The van der Waals surface area contributed by atoms with Crippen LogP contribution in [0.4, 0.5) is 5.82 Å². The minimum Gasteiger partial charge on any atom is -0.359 e. The molecule has 0 bridgehead atoms. The lowest BCUT2D eigenvalue weighted by Gasteiger charge is -2.12. The monoisotopic (exact) mass is 177 g/mol. The summed E-state index contributed by atoms with van der Waals surface area (Å²) in [5.74, 6) is 1.63. The smallest absolute Gasteiger partial charge is 0.135 e. The molecule has 2 heterocycles. The van der Waals surface area contributed by atoms with Gasteiger partial charge in [0.1, 0.15) is 12.1 Å². The Morgan fingerprint density at radius 2 is 2.15 bits per heavy atom. The summed E-state index contributed by atoms with van der Waals surface area (Å²) in [7, 11) is 2.09. The number of aromatic nitrogens is 2. The molecule has 0 unspecified atom stereocenters. The minimum absolute atomic E-state index is 0.503. The Kier molecular flexibility index (Phi) is 1.94. The molecule has 0 amide bonds. The number of anilines is 1. The summed E-state index contributed by atoms with van der Waals surface area (Å²) in [5.41, 5.74) is 2.56. The maximum Gasteiger partial charge on any atom is 0.135 e. The van der Waals surface area contributed by atoms with Crippen LogP contribution in [-0.2, 0) is 6.42 Å². The molecule has 0 radical (unpaired) electrons. The molecule has 13 heavy (non-hydrogen) atoms. The SMILES string of the molecule is CC(C)c1ncnc2c1CCN2C. The fourth-order valence-electron chi connectivity index (χ4n) is 1.87. The lowest BCUT2D eigenvalue weighted by molar-refractivity contribution is 0.798. The van der Waals surface area contributed by atoms with E-state index in [-0.39, 0.29) is 0 Å². The predicted octanol–water partition coefficient (Wildman–Crippen LogP) is 1.59. The fraction of sp³-hybridized carbons (Fsp3) is 0.600. The van der Waals surface area contributed by atoms with Crippen LogP contribution in [0.15, 0.2) is 6.33 Å². The summed E-state index contributed by atoms with van der Waals surface area (Å²) >= 11 is 0. The standard InChI is InChI=1S/C10H15N3/c1-7(2)9-8-4-5-13(3)10(8)12-6-11-9/h6-7H,4-5H2,1-3H3. The molecule has 0 aliphatic carbocycles. The third-order valence-electron chi connectivity index (χ3n) is 2.56. The van der Waals surface area contributed by atoms with E-state index in [1.54, 1.807) is 6.33 Å². The molecule has 0 saturated heterocycles. The quantitative estimate of drug-likeness (QED) is 0.652. The first-order valence-electron chi connectivity index (χ1n) is 4.75. The van der Waals surface area contributed by atoms with Crippen molar-refractivity contribution in [2.75, 3.05) is 18.5 Å². The van der Waals surface area contributed by atoms with Gasteiger partial charge in [0.2, 0.25) is 0 Å². The molecule has 0 N–H and O–H groups in total. The van der Waals surface area contributed by atoms with Gasteiger partial charge in [0, 0.05) is 19.2 Å². The van der Waals surface area contributed by atoms with Gasteiger partial charge in [0.15, 0.2) is 0 Å². The first-order valence-corrected chi connectivity index (χ1v) is 4.75. The van der Waals surface area contributed by atoms with Crippen LogP contribution < -0.4 is 4.90 Å². The highest BCUT2D eigenvalue weighted by Gasteiger charge is 2.21. The van der Waals surface area contributed by atoms with E-state index in [4.69, 9.17) is 0 Å². The zero-order chi connectivity index (χ0) is 9.42. The van der Waals surface area contributed by atoms with Gasteiger partial charge in [-0.3, -0.25) is 0 Å². The fourth-order valence-corrected chi connectivity index (χ4v) is 1.87. The van der Waals surface area contributed by atoms with E-state index >= 15 is 0 Å². The van der Waals surface area contributed by atoms with E-state index in [1.807, 2.05) is 0 Å². The average molecular weight is 177 g/mol. The van der Waals surface area contributed by atoms with Crippen molar-refractivity contribution in [3.05, 3.63) is 17.6 Å². The lowest BCUT2D eigenvalue weighted by Crippen LogP contribution is -2.13. The summed E-state index contributed by atoms with van der Waals surface area (Å²) < 4.78 is 0. The minimum atomic E-state index is 0.503. The van der Waals surface area contributed by atoms with Gasteiger partial charge in [-0.25, -0.2) is 9.97 Å². The molecule has 0 atom stereocenters. The van der Waals surface area contributed by atoms with Crippen LogP contribution in [0.25, 0.3) is 0 Å². The third kappa shape index (κ3) is 1.28. The number of hydrogen-bond acceptors (Lipinski definition) is 3. The molecule has 70 valence electrons. The molecule has 3 nitrogen and oxygen atoms in total. The average Bonchev–Trinajstić information content (AvgIpc) is 2.48. The Hall–Kier alpha value is -1.12. The summed E-state index contributed by atoms with van der Waals surface area (Å²) in [6.45, 7) is 5.44. The van der Waals surface area contributed by atoms with Crippen LogP contribution in [0.5, 0.6) is 0 Å². The molecule has 0 fully saturated rings. The van der Waals surface area contributed by atoms with Crippen LogP contribution in [0.3, 0.4) is 0 Å². The lowest BCUT2D eigenvalue weighted by atomic mass is 10.0. The first-order chi connectivity index (χ1) is 6.20. The molecule has 2 rings (SSSR count).